The third-order valence-electron chi connectivity index (χ3n) is 3.20. The molecule has 0 unspecified atom stereocenters. The van der Waals surface area contributed by atoms with Crippen LogP contribution in [-0.2, 0) is 20.3 Å². The predicted molar refractivity (Wildman–Crippen MR) is 89.9 cm³/mol. The van der Waals surface area contributed by atoms with Crippen molar-refractivity contribution in [3.8, 4) is 0 Å². The van der Waals surface area contributed by atoms with Gasteiger partial charge in [-0.2, -0.15) is 0 Å². The number of hydrogen-bond donors (Lipinski definition) is 0. The molecule has 24 heavy (non-hydrogen) atoms. The third-order valence-corrected chi connectivity index (χ3v) is 4.50. The van der Waals surface area contributed by atoms with E-state index in [0.717, 1.165) is 18.5 Å². The van der Waals surface area contributed by atoms with Gasteiger partial charge in [-0.15, -0.1) is 0 Å². The van der Waals surface area contributed by atoms with Crippen LogP contribution in [0.4, 0.5) is 13.2 Å². The molecule has 0 aliphatic rings. The van der Waals surface area contributed by atoms with Gasteiger partial charge in [0.2, 0.25) is 0 Å². The lowest BCUT2D eigenvalue weighted by Gasteiger charge is -2.23. The molecule has 0 radical (unpaired) electrons. The summed E-state index contributed by atoms with van der Waals surface area (Å²) in [7, 11) is -0.824. The first-order valence-corrected chi connectivity index (χ1v) is 9.93. The highest BCUT2D eigenvalue weighted by Crippen LogP contribution is 2.16. The predicted octanol–water partition coefficient (Wildman–Crippen LogP) is 4.08. The van der Waals surface area contributed by atoms with Gasteiger partial charge in [-0.25, -0.2) is 13.2 Å². The van der Waals surface area contributed by atoms with Crippen molar-refractivity contribution in [3.05, 3.63) is 35.1 Å². The summed E-state index contributed by atoms with van der Waals surface area (Å²) in [6.07, 6.45) is 1.93. The van der Waals surface area contributed by atoms with E-state index in [4.69, 9.17) is 13.9 Å². The zero-order valence-corrected chi connectivity index (χ0v) is 16.2. The van der Waals surface area contributed by atoms with Crippen molar-refractivity contribution < 1.29 is 27.1 Å². The van der Waals surface area contributed by atoms with E-state index in [-0.39, 0.29) is 17.8 Å². The van der Waals surface area contributed by atoms with Gasteiger partial charge < -0.3 is 13.9 Å². The first kappa shape index (κ1) is 21.2. The topological polar surface area (TPSA) is 27.7 Å². The first-order chi connectivity index (χ1) is 11.3. The number of unbranched alkanes of at least 4 members (excludes halogenated alkanes) is 1. The zero-order valence-electron chi connectivity index (χ0n) is 14.8. The number of rotatable bonds is 11. The summed E-state index contributed by atoms with van der Waals surface area (Å²) in [6.45, 7) is 7.02. The van der Waals surface area contributed by atoms with E-state index in [1.807, 2.05) is 27.7 Å². The maximum atomic E-state index is 13.5. The van der Waals surface area contributed by atoms with Crippen LogP contribution in [0.2, 0.25) is 6.04 Å². The fourth-order valence-corrected chi connectivity index (χ4v) is 3.16. The normalized spacial score (nSPS) is 12.4. The van der Waals surface area contributed by atoms with Crippen LogP contribution in [-0.4, -0.2) is 28.4 Å². The fourth-order valence-electron chi connectivity index (χ4n) is 2.08. The van der Waals surface area contributed by atoms with Gasteiger partial charge in [0.25, 0.3) is 6.48 Å². The largest absolute Gasteiger partial charge is 0.379 e. The number of hydrogen-bond acceptors (Lipinski definition) is 3. The Morgan fingerprint density at radius 3 is 2.04 bits per heavy atom. The van der Waals surface area contributed by atoms with E-state index in [2.05, 4.69) is 0 Å². The van der Waals surface area contributed by atoms with Crippen LogP contribution >= 0.6 is 0 Å². The molecule has 0 aliphatic heterocycles. The molecule has 3 nitrogen and oxygen atoms in total. The summed E-state index contributed by atoms with van der Waals surface area (Å²) in [4.78, 5) is 0. The van der Waals surface area contributed by atoms with E-state index in [0.29, 0.717) is 18.9 Å². The van der Waals surface area contributed by atoms with Gasteiger partial charge in [0, 0.05) is 6.07 Å². The van der Waals surface area contributed by atoms with Crippen LogP contribution < -0.4 is 0 Å². The maximum absolute atomic E-state index is 13.5. The SMILES string of the molecule is CC(C)OC(O[SiH2]CCCCc1cc(F)c(F)cc1F)OC(C)C. The van der Waals surface area contributed by atoms with Crippen LogP contribution in [0.5, 0.6) is 0 Å². The minimum absolute atomic E-state index is 0.0131. The lowest BCUT2D eigenvalue weighted by molar-refractivity contribution is -0.275. The molecule has 7 heteroatoms. The van der Waals surface area contributed by atoms with E-state index in [1.165, 1.54) is 0 Å². The number of aryl methyl sites for hydroxylation is 1. The van der Waals surface area contributed by atoms with Crippen LogP contribution in [0, 0.1) is 17.5 Å². The Morgan fingerprint density at radius 2 is 1.46 bits per heavy atom. The van der Waals surface area contributed by atoms with Gasteiger partial charge in [0.05, 0.1) is 12.2 Å². The lowest BCUT2D eigenvalue weighted by atomic mass is 10.1. The Morgan fingerprint density at radius 1 is 0.875 bits per heavy atom. The van der Waals surface area contributed by atoms with Gasteiger partial charge in [0.15, 0.2) is 21.4 Å². The molecular weight excluding hydrogens is 337 g/mol. The van der Waals surface area contributed by atoms with Crippen molar-refractivity contribution in [2.24, 2.45) is 0 Å². The van der Waals surface area contributed by atoms with Crippen molar-refractivity contribution >= 4 is 9.76 Å². The molecule has 1 rings (SSSR count). The van der Waals surface area contributed by atoms with E-state index in [9.17, 15) is 13.2 Å². The molecule has 0 fully saturated rings. The molecule has 1 aromatic rings. The molecule has 0 amide bonds. The van der Waals surface area contributed by atoms with E-state index >= 15 is 0 Å². The molecule has 0 N–H and O–H groups in total. The number of halogens is 3. The Kier molecular flexibility index (Phi) is 9.58. The second kappa shape index (κ2) is 10.9. The van der Waals surface area contributed by atoms with Crippen LogP contribution in [0.1, 0.15) is 46.1 Å². The molecule has 0 saturated carbocycles. The number of ether oxygens (including phenoxy) is 2. The summed E-state index contributed by atoms with van der Waals surface area (Å²) in [5.74, 6) is -2.86. The smallest absolute Gasteiger partial charge is 0.262 e. The van der Waals surface area contributed by atoms with Gasteiger partial charge in [-0.05, 0) is 58.2 Å². The highest BCUT2D eigenvalue weighted by molar-refractivity contribution is 6.27. The average Bonchev–Trinajstić information content (AvgIpc) is 2.46. The Bertz CT molecular complexity index is 488. The number of benzene rings is 1. The molecule has 0 heterocycles. The van der Waals surface area contributed by atoms with Crippen molar-refractivity contribution in [1.29, 1.82) is 0 Å². The quantitative estimate of drug-likeness (QED) is 0.256. The first-order valence-electron chi connectivity index (χ1n) is 8.35. The second-order valence-electron chi connectivity index (χ2n) is 6.20. The summed E-state index contributed by atoms with van der Waals surface area (Å²) >= 11 is 0. The fraction of sp³-hybridized carbons (Fsp3) is 0.647. The van der Waals surface area contributed by atoms with E-state index in [1.54, 1.807) is 0 Å². The van der Waals surface area contributed by atoms with Gasteiger partial charge in [-0.1, -0.05) is 6.42 Å². The Balaban J connectivity index is 2.26. The summed E-state index contributed by atoms with van der Waals surface area (Å²) < 4.78 is 56.2. The highest BCUT2D eigenvalue weighted by atomic mass is 28.2. The molecular formula is C17H27F3O3Si. The molecule has 0 bridgehead atoms. The summed E-state index contributed by atoms with van der Waals surface area (Å²) in [6, 6.07) is 2.41. The molecule has 0 aliphatic carbocycles. The van der Waals surface area contributed by atoms with Crippen LogP contribution in [0.25, 0.3) is 0 Å². The molecule has 0 aromatic heterocycles. The minimum atomic E-state index is -1.15. The average molecular weight is 364 g/mol. The van der Waals surface area contributed by atoms with E-state index < -0.39 is 33.7 Å². The molecule has 1 aromatic carbocycles. The summed E-state index contributed by atoms with van der Waals surface area (Å²) in [5.41, 5.74) is 0.209. The Hall–Kier alpha value is -0.893. The van der Waals surface area contributed by atoms with Crippen molar-refractivity contribution in [1.82, 2.24) is 0 Å². The monoisotopic (exact) mass is 364 g/mol. The highest BCUT2D eigenvalue weighted by Gasteiger charge is 2.14. The summed E-state index contributed by atoms with van der Waals surface area (Å²) in [5, 5.41) is 0. The molecule has 138 valence electrons. The van der Waals surface area contributed by atoms with Crippen molar-refractivity contribution in [2.45, 2.75) is 71.7 Å². The zero-order chi connectivity index (χ0) is 18.1. The van der Waals surface area contributed by atoms with Crippen LogP contribution in [0.3, 0.4) is 0 Å². The maximum Gasteiger partial charge on any atom is 0.262 e. The molecule has 0 atom stereocenters. The Labute approximate surface area is 144 Å². The lowest BCUT2D eigenvalue weighted by Crippen LogP contribution is -2.28. The van der Waals surface area contributed by atoms with Gasteiger partial charge in [0.1, 0.15) is 5.82 Å². The second-order valence-corrected chi connectivity index (χ2v) is 7.65. The van der Waals surface area contributed by atoms with Crippen LogP contribution in [0.15, 0.2) is 12.1 Å². The minimum Gasteiger partial charge on any atom is -0.379 e. The third kappa shape index (κ3) is 8.28. The van der Waals surface area contributed by atoms with Gasteiger partial charge >= 0.3 is 0 Å². The van der Waals surface area contributed by atoms with Gasteiger partial charge in [-0.3, -0.25) is 0 Å². The molecule has 0 spiro atoms. The van der Waals surface area contributed by atoms with Crippen molar-refractivity contribution in [3.63, 3.8) is 0 Å². The molecule has 0 saturated heterocycles. The standard InChI is InChI=1S/C17H27F3O3Si/c1-11(2)21-17(22-12(3)4)23-24-8-6-5-7-13-9-15(19)16(20)10-14(13)18/h9-12,17H,5-8,24H2,1-4H3. The van der Waals surface area contributed by atoms with Crippen molar-refractivity contribution in [2.75, 3.05) is 0 Å².